The Morgan fingerprint density at radius 1 is 1.35 bits per heavy atom. The maximum atomic E-state index is 13.7. The zero-order valence-electron chi connectivity index (χ0n) is 11.1. The van der Waals surface area contributed by atoms with Crippen molar-refractivity contribution in [1.29, 1.82) is 0 Å². The monoisotopic (exact) mass is 281 g/mol. The Hall–Kier alpha value is -1.95. The summed E-state index contributed by atoms with van der Waals surface area (Å²) in [6.07, 6.45) is 0.336. The van der Waals surface area contributed by atoms with Gasteiger partial charge in [-0.1, -0.05) is 6.07 Å². The van der Waals surface area contributed by atoms with Crippen LogP contribution in [0.1, 0.15) is 28.8 Å². The van der Waals surface area contributed by atoms with Gasteiger partial charge in [-0.2, -0.15) is 0 Å². The Kier molecular flexibility index (Phi) is 4.04. The van der Waals surface area contributed by atoms with Gasteiger partial charge in [0.2, 0.25) is 0 Å². The lowest BCUT2D eigenvalue weighted by Gasteiger charge is -2.33. The van der Waals surface area contributed by atoms with Crippen LogP contribution in [0.4, 0.5) is 4.39 Å². The molecule has 0 aromatic heterocycles. The number of amides is 1. The van der Waals surface area contributed by atoms with Crippen molar-refractivity contribution in [3.63, 3.8) is 0 Å². The number of hydrogen-bond acceptors (Lipinski definition) is 3. The molecule has 20 heavy (non-hydrogen) atoms. The van der Waals surface area contributed by atoms with Gasteiger partial charge in [0.1, 0.15) is 11.4 Å². The molecule has 2 N–H and O–H groups in total. The molecule has 1 aliphatic rings. The number of hydrogen-bond donors (Lipinski definition) is 2. The second-order valence-electron chi connectivity index (χ2n) is 4.94. The van der Waals surface area contributed by atoms with Crippen molar-refractivity contribution in [2.45, 2.75) is 25.3 Å². The molecule has 1 aromatic rings. The first-order valence-corrected chi connectivity index (χ1v) is 6.34. The SMILES string of the molecule is Cc1ccc(C(=O)NC2(C(=O)O)CCOCC2)c(F)c1. The summed E-state index contributed by atoms with van der Waals surface area (Å²) in [7, 11) is 0. The largest absolute Gasteiger partial charge is 0.480 e. The van der Waals surface area contributed by atoms with E-state index in [0.717, 1.165) is 0 Å². The Labute approximate surface area is 115 Å². The Morgan fingerprint density at radius 3 is 2.55 bits per heavy atom. The molecule has 1 saturated heterocycles. The van der Waals surface area contributed by atoms with Crippen LogP contribution in [0.25, 0.3) is 0 Å². The van der Waals surface area contributed by atoms with Crippen LogP contribution in [0.2, 0.25) is 0 Å². The van der Waals surface area contributed by atoms with Gasteiger partial charge in [-0.15, -0.1) is 0 Å². The smallest absolute Gasteiger partial charge is 0.329 e. The number of halogens is 1. The van der Waals surface area contributed by atoms with Crippen molar-refractivity contribution in [2.24, 2.45) is 0 Å². The molecule has 1 amide bonds. The van der Waals surface area contributed by atoms with Crippen molar-refractivity contribution >= 4 is 11.9 Å². The second-order valence-corrected chi connectivity index (χ2v) is 4.94. The van der Waals surface area contributed by atoms with Crippen LogP contribution in [0.5, 0.6) is 0 Å². The van der Waals surface area contributed by atoms with Crippen LogP contribution in [-0.4, -0.2) is 35.7 Å². The predicted octanol–water partition coefficient (Wildman–Crippen LogP) is 1.50. The van der Waals surface area contributed by atoms with E-state index < -0.39 is 23.2 Å². The van der Waals surface area contributed by atoms with Gasteiger partial charge in [-0.3, -0.25) is 4.79 Å². The van der Waals surface area contributed by atoms with Crippen molar-refractivity contribution < 1.29 is 23.8 Å². The van der Waals surface area contributed by atoms with E-state index in [1.165, 1.54) is 12.1 Å². The third-order valence-corrected chi connectivity index (χ3v) is 3.48. The molecular formula is C14H16FNO4. The predicted molar refractivity (Wildman–Crippen MR) is 69.0 cm³/mol. The van der Waals surface area contributed by atoms with E-state index in [-0.39, 0.29) is 31.6 Å². The fourth-order valence-electron chi connectivity index (χ4n) is 2.20. The lowest BCUT2D eigenvalue weighted by molar-refractivity contribution is -0.148. The fourth-order valence-corrected chi connectivity index (χ4v) is 2.20. The van der Waals surface area contributed by atoms with Crippen molar-refractivity contribution in [3.8, 4) is 0 Å². The number of carbonyl (C=O) groups excluding carboxylic acids is 1. The maximum Gasteiger partial charge on any atom is 0.329 e. The van der Waals surface area contributed by atoms with E-state index in [2.05, 4.69) is 5.32 Å². The summed E-state index contributed by atoms with van der Waals surface area (Å²) in [5.74, 6) is -2.50. The number of carboxylic acid groups (broad SMARTS) is 1. The highest BCUT2D eigenvalue weighted by atomic mass is 19.1. The average molecular weight is 281 g/mol. The first-order valence-electron chi connectivity index (χ1n) is 6.34. The molecule has 0 atom stereocenters. The first-order chi connectivity index (χ1) is 9.44. The Bertz CT molecular complexity index is 538. The first kappa shape index (κ1) is 14.5. The number of ether oxygens (including phenoxy) is 1. The molecule has 0 bridgehead atoms. The van der Waals surface area contributed by atoms with Gasteiger partial charge in [0.25, 0.3) is 5.91 Å². The third kappa shape index (κ3) is 2.80. The molecule has 0 radical (unpaired) electrons. The molecule has 1 aliphatic heterocycles. The number of carbonyl (C=O) groups is 2. The molecule has 6 heteroatoms. The molecule has 1 aromatic carbocycles. The van der Waals surface area contributed by atoms with Crippen LogP contribution in [0.3, 0.4) is 0 Å². The van der Waals surface area contributed by atoms with Crippen molar-refractivity contribution in [1.82, 2.24) is 5.32 Å². The van der Waals surface area contributed by atoms with Crippen LogP contribution in [-0.2, 0) is 9.53 Å². The standard InChI is InChI=1S/C14H16FNO4/c1-9-2-3-10(11(15)8-9)12(17)16-14(13(18)19)4-6-20-7-5-14/h2-3,8H,4-7H2,1H3,(H,16,17)(H,18,19). The van der Waals surface area contributed by atoms with Gasteiger partial charge < -0.3 is 15.2 Å². The van der Waals surface area contributed by atoms with Gasteiger partial charge in [0, 0.05) is 26.1 Å². The van der Waals surface area contributed by atoms with Gasteiger partial charge in [0.15, 0.2) is 0 Å². The maximum absolute atomic E-state index is 13.7. The van der Waals surface area contributed by atoms with E-state index in [9.17, 15) is 19.1 Å². The molecule has 0 spiro atoms. The topological polar surface area (TPSA) is 75.6 Å². The van der Waals surface area contributed by atoms with Gasteiger partial charge in [0.05, 0.1) is 5.56 Å². The molecular weight excluding hydrogens is 265 g/mol. The van der Waals surface area contributed by atoms with Gasteiger partial charge >= 0.3 is 5.97 Å². The minimum absolute atomic E-state index is 0.150. The molecule has 0 aliphatic carbocycles. The number of carboxylic acids is 1. The summed E-state index contributed by atoms with van der Waals surface area (Å²) in [5.41, 5.74) is -0.840. The third-order valence-electron chi connectivity index (χ3n) is 3.48. The van der Waals surface area contributed by atoms with E-state index in [4.69, 9.17) is 4.74 Å². The number of benzene rings is 1. The molecule has 1 fully saturated rings. The lowest BCUT2D eigenvalue weighted by Crippen LogP contribution is -2.57. The van der Waals surface area contributed by atoms with Gasteiger partial charge in [-0.05, 0) is 24.6 Å². The average Bonchev–Trinajstić information content (AvgIpc) is 2.39. The summed E-state index contributed by atoms with van der Waals surface area (Å²) in [4.78, 5) is 23.5. The van der Waals surface area contributed by atoms with Crippen LogP contribution in [0, 0.1) is 12.7 Å². The lowest BCUT2D eigenvalue weighted by atomic mass is 9.89. The van der Waals surface area contributed by atoms with Crippen LogP contribution in [0.15, 0.2) is 18.2 Å². The van der Waals surface area contributed by atoms with Crippen molar-refractivity contribution in [2.75, 3.05) is 13.2 Å². The number of aliphatic carboxylic acids is 1. The highest BCUT2D eigenvalue weighted by molar-refractivity contribution is 5.98. The van der Waals surface area contributed by atoms with Crippen LogP contribution < -0.4 is 5.32 Å². The normalized spacial score (nSPS) is 17.5. The van der Waals surface area contributed by atoms with E-state index in [1.807, 2.05) is 0 Å². The van der Waals surface area contributed by atoms with E-state index in [0.29, 0.717) is 5.56 Å². The molecule has 5 nitrogen and oxygen atoms in total. The number of aryl methyl sites for hydroxylation is 1. The van der Waals surface area contributed by atoms with Gasteiger partial charge in [-0.25, -0.2) is 9.18 Å². The highest BCUT2D eigenvalue weighted by Gasteiger charge is 2.42. The van der Waals surface area contributed by atoms with E-state index >= 15 is 0 Å². The van der Waals surface area contributed by atoms with E-state index in [1.54, 1.807) is 13.0 Å². The highest BCUT2D eigenvalue weighted by Crippen LogP contribution is 2.22. The molecule has 0 saturated carbocycles. The quantitative estimate of drug-likeness (QED) is 0.880. The number of nitrogens with one attached hydrogen (secondary N) is 1. The zero-order chi connectivity index (χ0) is 14.8. The molecule has 0 unspecified atom stereocenters. The number of rotatable bonds is 3. The van der Waals surface area contributed by atoms with Crippen molar-refractivity contribution in [3.05, 3.63) is 35.1 Å². The van der Waals surface area contributed by atoms with Crippen LogP contribution >= 0.6 is 0 Å². The summed E-state index contributed by atoms with van der Waals surface area (Å²) >= 11 is 0. The molecule has 1 heterocycles. The summed E-state index contributed by atoms with van der Waals surface area (Å²) in [6.45, 7) is 2.22. The summed E-state index contributed by atoms with van der Waals surface area (Å²) < 4.78 is 18.9. The summed E-state index contributed by atoms with van der Waals surface area (Å²) in [6, 6.07) is 4.20. The molecule has 108 valence electrons. The summed E-state index contributed by atoms with van der Waals surface area (Å²) in [5, 5.41) is 11.8. The fraction of sp³-hybridized carbons (Fsp3) is 0.429. The molecule has 2 rings (SSSR count). The Morgan fingerprint density at radius 2 is 2.00 bits per heavy atom. The zero-order valence-corrected chi connectivity index (χ0v) is 11.1. The Balaban J connectivity index is 2.22. The second kappa shape index (κ2) is 5.58. The minimum Gasteiger partial charge on any atom is -0.480 e. The minimum atomic E-state index is -1.38.